The van der Waals surface area contributed by atoms with Crippen LogP contribution >= 0.6 is 0 Å². The fourth-order valence-electron chi connectivity index (χ4n) is 4.34. The number of rotatable bonds is 5. The summed E-state index contributed by atoms with van der Waals surface area (Å²) in [5, 5.41) is 9.33. The van der Waals surface area contributed by atoms with Crippen molar-refractivity contribution < 1.29 is 28.6 Å². The third-order valence-electron chi connectivity index (χ3n) is 5.87. The van der Waals surface area contributed by atoms with Crippen molar-refractivity contribution in [2.24, 2.45) is 0 Å². The van der Waals surface area contributed by atoms with Gasteiger partial charge in [0.15, 0.2) is 0 Å². The second-order valence-corrected chi connectivity index (χ2v) is 9.36. The van der Waals surface area contributed by atoms with Gasteiger partial charge in [0.2, 0.25) is 0 Å². The van der Waals surface area contributed by atoms with Crippen molar-refractivity contribution in [2.45, 2.75) is 70.1 Å². The maximum absolute atomic E-state index is 13.4. The molecule has 2 saturated heterocycles. The van der Waals surface area contributed by atoms with Crippen LogP contribution in [0.3, 0.4) is 0 Å². The molecule has 0 unspecified atom stereocenters. The number of likely N-dealkylation sites (tertiary alicyclic amines) is 1. The minimum atomic E-state index is -0.885. The van der Waals surface area contributed by atoms with E-state index in [2.05, 4.69) is 0 Å². The van der Waals surface area contributed by atoms with Gasteiger partial charge in [-0.15, -0.1) is 0 Å². The highest BCUT2D eigenvalue weighted by atomic mass is 19.1. The molecule has 172 valence electrons. The quantitative estimate of drug-likeness (QED) is 0.754. The fourth-order valence-corrected chi connectivity index (χ4v) is 4.34. The molecule has 31 heavy (non-hydrogen) atoms. The lowest BCUT2D eigenvalue weighted by molar-refractivity contribution is -0.0748. The molecule has 1 aromatic carbocycles. The first-order valence-electron chi connectivity index (χ1n) is 11.0. The standard InChI is InChI=1S/C23H33FN2O5/c1-22(2,3)30-20(28)25-13-4-6-19(16-25)26-14-12-23(11-5-15-27,31-21(26)29)17-7-9-18(24)10-8-17/h7-10,19,27H,4-6,11-16H2,1-3H3/t19-,23+/m0/s1. The Bertz CT molecular complexity index is 779. The highest BCUT2D eigenvalue weighted by Gasteiger charge is 2.44. The summed E-state index contributed by atoms with van der Waals surface area (Å²) in [6.07, 6.45) is 2.23. The third kappa shape index (κ3) is 5.67. The molecular weight excluding hydrogens is 403 g/mol. The SMILES string of the molecule is CC(C)(C)OC(=O)N1CCC[C@H](N2CC[C@](CCCO)(c3ccc(F)cc3)OC2=O)C1. The molecular formula is C23H33FN2O5. The monoisotopic (exact) mass is 436 g/mol. The zero-order valence-corrected chi connectivity index (χ0v) is 18.6. The van der Waals surface area contributed by atoms with Gasteiger partial charge in [-0.25, -0.2) is 14.0 Å². The zero-order chi connectivity index (χ0) is 22.6. The van der Waals surface area contributed by atoms with Crippen molar-refractivity contribution in [3.8, 4) is 0 Å². The van der Waals surface area contributed by atoms with Crippen molar-refractivity contribution >= 4 is 12.2 Å². The first-order chi connectivity index (χ1) is 14.6. The number of cyclic esters (lactones) is 1. The second kappa shape index (κ2) is 9.42. The van der Waals surface area contributed by atoms with E-state index in [1.807, 2.05) is 20.8 Å². The summed E-state index contributed by atoms with van der Waals surface area (Å²) < 4.78 is 24.9. The molecule has 0 saturated carbocycles. The van der Waals surface area contributed by atoms with Crippen molar-refractivity contribution in [3.63, 3.8) is 0 Å². The van der Waals surface area contributed by atoms with E-state index in [-0.39, 0.29) is 24.6 Å². The van der Waals surface area contributed by atoms with Crippen LogP contribution < -0.4 is 0 Å². The highest BCUT2D eigenvalue weighted by molar-refractivity contribution is 5.71. The Hall–Kier alpha value is -2.35. The Kier molecular flexibility index (Phi) is 7.09. The number of nitrogens with zero attached hydrogens (tertiary/aromatic N) is 2. The summed E-state index contributed by atoms with van der Waals surface area (Å²) in [6.45, 7) is 6.95. The van der Waals surface area contributed by atoms with E-state index >= 15 is 0 Å². The van der Waals surface area contributed by atoms with Crippen LogP contribution in [0.2, 0.25) is 0 Å². The van der Waals surface area contributed by atoms with E-state index in [0.29, 0.717) is 38.9 Å². The minimum absolute atomic E-state index is 0.0162. The molecule has 2 heterocycles. The van der Waals surface area contributed by atoms with Gasteiger partial charge in [-0.3, -0.25) is 0 Å². The van der Waals surface area contributed by atoms with Gasteiger partial charge in [-0.2, -0.15) is 0 Å². The summed E-state index contributed by atoms with van der Waals surface area (Å²) in [7, 11) is 0. The number of piperidine rings is 1. The molecule has 0 aromatic heterocycles. The molecule has 0 radical (unpaired) electrons. The van der Waals surface area contributed by atoms with Crippen molar-refractivity contribution in [3.05, 3.63) is 35.6 Å². The highest BCUT2D eigenvalue weighted by Crippen LogP contribution is 2.39. The third-order valence-corrected chi connectivity index (χ3v) is 5.87. The van der Waals surface area contributed by atoms with Crippen LogP contribution in [0.15, 0.2) is 24.3 Å². The van der Waals surface area contributed by atoms with E-state index < -0.39 is 17.3 Å². The smallest absolute Gasteiger partial charge is 0.410 e. The summed E-state index contributed by atoms with van der Waals surface area (Å²) >= 11 is 0. The lowest BCUT2D eigenvalue weighted by Gasteiger charge is -2.46. The average Bonchev–Trinajstić information content (AvgIpc) is 2.71. The minimum Gasteiger partial charge on any atom is -0.444 e. The van der Waals surface area contributed by atoms with Crippen LogP contribution in [0.4, 0.5) is 14.0 Å². The van der Waals surface area contributed by atoms with Crippen molar-refractivity contribution in [1.29, 1.82) is 0 Å². The van der Waals surface area contributed by atoms with Crippen LogP contribution in [-0.2, 0) is 15.1 Å². The van der Waals surface area contributed by atoms with Gasteiger partial charge in [0.1, 0.15) is 17.0 Å². The second-order valence-electron chi connectivity index (χ2n) is 9.36. The largest absolute Gasteiger partial charge is 0.444 e. The molecule has 1 aromatic rings. The van der Waals surface area contributed by atoms with Gasteiger partial charge in [0, 0.05) is 32.7 Å². The molecule has 0 aliphatic carbocycles. The molecule has 7 nitrogen and oxygen atoms in total. The number of carbonyl (C=O) groups is 2. The molecule has 2 aliphatic heterocycles. The Balaban J connectivity index is 1.71. The number of hydrogen-bond acceptors (Lipinski definition) is 5. The Morgan fingerprint density at radius 1 is 1.29 bits per heavy atom. The number of aliphatic hydroxyl groups excluding tert-OH is 1. The first-order valence-corrected chi connectivity index (χ1v) is 11.0. The molecule has 2 amide bonds. The van der Waals surface area contributed by atoms with Gasteiger partial charge < -0.3 is 24.4 Å². The van der Waals surface area contributed by atoms with E-state index in [1.165, 1.54) is 12.1 Å². The topological polar surface area (TPSA) is 79.3 Å². The predicted octanol–water partition coefficient (Wildman–Crippen LogP) is 4.04. The lowest BCUT2D eigenvalue weighted by Crippen LogP contribution is -2.57. The number of carbonyl (C=O) groups excluding carboxylic acids is 2. The normalized spacial score (nSPS) is 24.7. The molecule has 0 bridgehead atoms. The summed E-state index contributed by atoms with van der Waals surface area (Å²) in [6, 6.07) is 5.85. The lowest BCUT2D eigenvalue weighted by atomic mass is 9.84. The average molecular weight is 437 g/mol. The van der Waals surface area contributed by atoms with E-state index in [1.54, 1.807) is 21.9 Å². The van der Waals surface area contributed by atoms with Crippen LogP contribution in [0, 0.1) is 5.82 Å². The molecule has 1 N–H and O–H groups in total. The Morgan fingerprint density at radius 3 is 2.61 bits per heavy atom. The Labute approximate surface area is 183 Å². The van der Waals surface area contributed by atoms with Gasteiger partial charge in [-0.05, 0) is 64.2 Å². The number of halogens is 1. The zero-order valence-electron chi connectivity index (χ0n) is 18.6. The maximum Gasteiger partial charge on any atom is 0.410 e. The molecule has 2 fully saturated rings. The van der Waals surface area contributed by atoms with Gasteiger partial charge in [-0.1, -0.05) is 12.1 Å². The van der Waals surface area contributed by atoms with Crippen molar-refractivity contribution in [1.82, 2.24) is 9.80 Å². The molecule has 2 aliphatic rings. The molecule has 8 heteroatoms. The van der Waals surface area contributed by atoms with Crippen LogP contribution in [0.5, 0.6) is 0 Å². The molecule has 3 rings (SSSR count). The number of hydrogen-bond donors (Lipinski definition) is 1. The van der Waals surface area contributed by atoms with Crippen molar-refractivity contribution in [2.75, 3.05) is 26.2 Å². The van der Waals surface area contributed by atoms with Gasteiger partial charge >= 0.3 is 12.2 Å². The number of amides is 2. The van der Waals surface area contributed by atoms with Crippen LogP contribution in [-0.4, -0.2) is 65.0 Å². The van der Waals surface area contributed by atoms with Gasteiger partial charge in [0.25, 0.3) is 0 Å². The van der Waals surface area contributed by atoms with Crippen LogP contribution in [0.1, 0.15) is 58.4 Å². The number of benzene rings is 1. The molecule has 2 atom stereocenters. The maximum atomic E-state index is 13.4. The number of aliphatic hydroxyl groups is 1. The summed E-state index contributed by atoms with van der Waals surface area (Å²) in [5.41, 5.74) is -0.728. The predicted molar refractivity (Wildman–Crippen MR) is 113 cm³/mol. The number of ether oxygens (including phenoxy) is 2. The van der Waals surface area contributed by atoms with Gasteiger partial charge in [0.05, 0.1) is 6.04 Å². The van der Waals surface area contributed by atoms with E-state index in [4.69, 9.17) is 9.47 Å². The summed E-state index contributed by atoms with van der Waals surface area (Å²) in [4.78, 5) is 28.9. The Morgan fingerprint density at radius 2 is 2.00 bits per heavy atom. The van der Waals surface area contributed by atoms with E-state index in [0.717, 1.165) is 18.4 Å². The van der Waals surface area contributed by atoms with Crippen LogP contribution in [0.25, 0.3) is 0 Å². The molecule has 0 spiro atoms. The first kappa shape index (κ1) is 23.3. The van der Waals surface area contributed by atoms with E-state index in [9.17, 15) is 19.1 Å². The summed E-state index contributed by atoms with van der Waals surface area (Å²) in [5.74, 6) is -0.353. The fraction of sp³-hybridized carbons (Fsp3) is 0.652.